The number of phosphoric acid groups is 1. The Labute approximate surface area is 416 Å². The smallest absolute Gasteiger partial charge is 0.462 e. The molecule has 0 aliphatic rings. The van der Waals surface area contributed by atoms with Crippen LogP contribution in [0.3, 0.4) is 0 Å². The molecule has 0 amide bonds. The normalized spacial score (nSPS) is 13.7. The fourth-order valence-electron chi connectivity index (χ4n) is 7.67. The van der Waals surface area contributed by atoms with Gasteiger partial charge in [-0.2, -0.15) is 0 Å². The predicted molar refractivity (Wildman–Crippen MR) is 279 cm³/mol. The van der Waals surface area contributed by atoms with E-state index in [1.165, 1.54) is 109 Å². The van der Waals surface area contributed by atoms with Crippen LogP contribution in [0, 0.1) is 0 Å². The number of unbranched alkanes of at least 4 members (excludes halogenated alkanes) is 29. The standard InChI is InChI=1S/C56H103O11P/c1-4-7-10-13-16-19-22-23-24-25-26-27-28-29-32-33-36-39-42-45-54(58)63-49-53(67-56(60)47-44-41-38-35-31-21-18-15-12-9-6-3)51-65-68(61,62)64-50-52(48-57)66-55(59)46-43-40-37-34-30-20-17-14-11-8-5-2/h14-15,17-18,23-24,52-53,57H,4-13,16,19-22,25-51H2,1-3H3,(H,61,62)/b17-14-,18-15-,24-23-. The van der Waals surface area contributed by atoms with Gasteiger partial charge in [-0.25, -0.2) is 4.57 Å². The van der Waals surface area contributed by atoms with Gasteiger partial charge in [0.05, 0.1) is 19.8 Å². The lowest BCUT2D eigenvalue weighted by Crippen LogP contribution is -2.30. The molecule has 2 N–H and O–H groups in total. The molecule has 0 aliphatic heterocycles. The Morgan fingerprint density at radius 3 is 1.06 bits per heavy atom. The summed E-state index contributed by atoms with van der Waals surface area (Å²) in [6.45, 7) is 4.55. The molecule has 68 heavy (non-hydrogen) atoms. The molecule has 0 rings (SSSR count). The van der Waals surface area contributed by atoms with Crippen molar-refractivity contribution in [3.63, 3.8) is 0 Å². The molecule has 0 bridgehead atoms. The van der Waals surface area contributed by atoms with Gasteiger partial charge < -0.3 is 24.2 Å². The first-order valence-electron chi connectivity index (χ1n) is 27.9. The van der Waals surface area contributed by atoms with Crippen LogP contribution in [-0.4, -0.2) is 66.5 Å². The minimum absolute atomic E-state index is 0.158. The SMILES string of the molecule is CCCC/C=C\CCCCCCCC(=O)OC(CO)COP(=O)(O)OCC(COC(=O)CCCCCCCCCCC/C=C\CCCCCCCC)OC(=O)CCCCCCC/C=C\CCCC. The Bertz CT molecular complexity index is 1280. The van der Waals surface area contributed by atoms with Crippen molar-refractivity contribution in [1.29, 1.82) is 0 Å². The topological polar surface area (TPSA) is 155 Å². The van der Waals surface area contributed by atoms with Gasteiger partial charge in [0, 0.05) is 19.3 Å². The van der Waals surface area contributed by atoms with Crippen LogP contribution >= 0.6 is 7.82 Å². The van der Waals surface area contributed by atoms with E-state index in [0.29, 0.717) is 19.3 Å². The largest absolute Gasteiger partial charge is 0.472 e. The van der Waals surface area contributed by atoms with Gasteiger partial charge in [0.25, 0.3) is 0 Å². The quantitative estimate of drug-likeness (QED) is 0.0197. The van der Waals surface area contributed by atoms with Crippen molar-refractivity contribution < 1.29 is 52.2 Å². The van der Waals surface area contributed by atoms with E-state index >= 15 is 0 Å². The van der Waals surface area contributed by atoms with E-state index in [1.807, 2.05) is 0 Å². The number of rotatable bonds is 52. The Hall–Kier alpha value is -2.30. The van der Waals surface area contributed by atoms with Crippen molar-refractivity contribution in [2.45, 2.75) is 277 Å². The lowest BCUT2D eigenvalue weighted by atomic mass is 10.1. The van der Waals surface area contributed by atoms with Gasteiger partial charge in [0.1, 0.15) is 12.7 Å². The number of hydrogen-bond donors (Lipinski definition) is 2. The van der Waals surface area contributed by atoms with E-state index in [1.54, 1.807) is 0 Å². The lowest BCUT2D eigenvalue weighted by molar-refractivity contribution is -0.161. The van der Waals surface area contributed by atoms with E-state index in [2.05, 4.69) is 57.2 Å². The highest BCUT2D eigenvalue weighted by atomic mass is 31.2. The maximum atomic E-state index is 12.8. The number of aliphatic hydroxyl groups excluding tert-OH is 1. The Kier molecular flexibility index (Phi) is 49.3. The Morgan fingerprint density at radius 2 is 0.691 bits per heavy atom. The zero-order valence-corrected chi connectivity index (χ0v) is 44.7. The highest BCUT2D eigenvalue weighted by Gasteiger charge is 2.28. The molecular weight excluding hydrogens is 880 g/mol. The third-order valence-corrected chi connectivity index (χ3v) is 13.0. The number of phosphoric ester groups is 1. The minimum atomic E-state index is -4.74. The molecule has 3 atom stereocenters. The molecule has 0 spiro atoms. The molecule has 0 heterocycles. The zero-order chi connectivity index (χ0) is 49.9. The van der Waals surface area contributed by atoms with Gasteiger partial charge in [-0.05, 0) is 83.5 Å². The molecule has 0 saturated carbocycles. The molecule has 0 aromatic heterocycles. The lowest BCUT2D eigenvalue weighted by Gasteiger charge is -2.21. The monoisotopic (exact) mass is 983 g/mol. The Balaban J connectivity index is 4.65. The van der Waals surface area contributed by atoms with E-state index in [0.717, 1.165) is 96.3 Å². The zero-order valence-electron chi connectivity index (χ0n) is 43.8. The average molecular weight is 983 g/mol. The van der Waals surface area contributed by atoms with Crippen molar-refractivity contribution >= 4 is 25.7 Å². The number of carbonyl (C=O) groups excluding carboxylic acids is 3. The molecule has 11 nitrogen and oxygen atoms in total. The summed E-state index contributed by atoms with van der Waals surface area (Å²) in [6, 6.07) is 0. The van der Waals surface area contributed by atoms with Crippen LogP contribution in [0.1, 0.15) is 265 Å². The van der Waals surface area contributed by atoms with Crippen LogP contribution in [0.25, 0.3) is 0 Å². The van der Waals surface area contributed by atoms with Crippen LogP contribution in [0.15, 0.2) is 36.5 Å². The summed E-state index contributed by atoms with van der Waals surface area (Å²) >= 11 is 0. The summed E-state index contributed by atoms with van der Waals surface area (Å²) < 4.78 is 39.4. The summed E-state index contributed by atoms with van der Waals surface area (Å²) in [5.74, 6) is -1.48. The summed E-state index contributed by atoms with van der Waals surface area (Å²) in [6.07, 6.45) is 51.2. The average Bonchev–Trinajstić information content (AvgIpc) is 3.32. The van der Waals surface area contributed by atoms with E-state index < -0.39 is 57.8 Å². The fraction of sp³-hybridized carbons (Fsp3) is 0.839. The van der Waals surface area contributed by atoms with Crippen molar-refractivity contribution in [3.8, 4) is 0 Å². The van der Waals surface area contributed by atoms with Gasteiger partial charge in [-0.3, -0.25) is 23.4 Å². The molecule has 0 fully saturated rings. The van der Waals surface area contributed by atoms with Crippen molar-refractivity contribution in [3.05, 3.63) is 36.5 Å². The number of hydrogen-bond acceptors (Lipinski definition) is 10. The summed E-state index contributed by atoms with van der Waals surface area (Å²) in [5, 5.41) is 9.77. The van der Waals surface area contributed by atoms with E-state index in [-0.39, 0.29) is 25.9 Å². The Morgan fingerprint density at radius 1 is 0.397 bits per heavy atom. The third kappa shape index (κ3) is 48.7. The first kappa shape index (κ1) is 65.7. The molecule has 0 aromatic rings. The fourth-order valence-corrected chi connectivity index (χ4v) is 8.45. The maximum Gasteiger partial charge on any atom is 0.472 e. The number of aliphatic hydroxyl groups is 1. The van der Waals surface area contributed by atoms with E-state index in [4.69, 9.17) is 23.3 Å². The number of ether oxygens (including phenoxy) is 3. The first-order chi connectivity index (χ1) is 33.2. The van der Waals surface area contributed by atoms with Crippen LogP contribution in [-0.2, 0) is 42.2 Å². The highest BCUT2D eigenvalue weighted by molar-refractivity contribution is 7.47. The van der Waals surface area contributed by atoms with Gasteiger partial charge in [-0.1, -0.05) is 198 Å². The van der Waals surface area contributed by atoms with Crippen LogP contribution in [0.2, 0.25) is 0 Å². The molecule has 12 heteroatoms. The van der Waals surface area contributed by atoms with Crippen molar-refractivity contribution in [1.82, 2.24) is 0 Å². The van der Waals surface area contributed by atoms with Crippen molar-refractivity contribution in [2.75, 3.05) is 26.4 Å². The highest BCUT2D eigenvalue weighted by Crippen LogP contribution is 2.43. The summed E-state index contributed by atoms with van der Waals surface area (Å²) in [7, 11) is -4.74. The van der Waals surface area contributed by atoms with Crippen molar-refractivity contribution in [2.24, 2.45) is 0 Å². The second kappa shape index (κ2) is 51.1. The predicted octanol–water partition coefficient (Wildman–Crippen LogP) is 16.0. The molecule has 398 valence electrons. The van der Waals surface area contributed by atoms with Crippen LogP contribution < -0.4 is 0 Å². The molecule has 3 unspecified atom stereocenters. The van der Waals surface area contributed by atoms with E-state index in [9.17, 15) is 28.9 Å². The molecule has 0 aliphatic carbocycles. The molecular formula is C56H103O11P. The summed E-state index contributed by atoms with van der Waals surface area (Å²) in [5.41, 5.74) is 0. The first-order valence-corrected chi connectivity index (χ1v) is 29.4. The minimum Gasteiger partial charge on any atom is -0.462 e. The van der Waals surface area contributed by atoms with Gasteiger partial charge in [0.2, 0.25) is 0 Å². The summed E-state index contributed by atoms with van der Waals surface area (Å²) in [4.78, 5) is 48.3. The number of allylic oxidation sites excluding steroid dienone is 6. The molecule has 0 saturated heterocycles. The third-order valence-electron chi connectivity index (χ3n) is 12.0. The number of esters is 3. The second-order valence-electron chi connectivity index (χ2n) is 18.7. The maximum absolute atomic E-state index is 12.8. The van der Waals surface area contributed by atoms with Crippen LogP contribution in [0.4, 0.5) is 0 Å². The molecule has 0 radical (unpaired) electrons. The van der Waals surface area contributed by atoms with Gasteiger partial charge in [-0.15, -0.1) is 0 Å². The van der Waals surface area contributed by atoms with Gasteiger partial charge >= 0.3 is 25.7 Å². The molecule has 0 aromatic carbocycles. The number of carbonyl (C=O) groups is 3. The van der Waals surface area contributed by atoms with Crippen LogP contribution in [0.5, 0.6) is 0 Å². The van der Waals surface area contributed by atoms with Gasteiger partial charge in [0.15, 0.2) is 6.10 Å². The second-order valence-corrected chi connectivity index (χ2v) is 20.2.